The number of rotatable bonds is 5. The van der Waals surface area contributed by atoms with Crippen molar-refractivity contribution in [2.45, 2.75) is 32.2 Å². The first-order valence-corrected chi connectivity index (χ1v) is 3.40. The van der Waals surface area contributed by atoms with E-state index in [9.17, 15) is 4.79 Å². The fourth-order valence-corrected chi connectivity index (χ4v) is 0.670. The van der Waals surface area contributed by atoms with Crippen LogP contribution in [0.15, 0.2) is 0 Å². The van der Waals surface area contributed by atoms with Gasteiger partial charge < -0.3 is 5.32 Å². The normalized spacial score (nSPS) is 13.1. The first kappa shape index (κ1) is 8.63. The first-order chi connectivity index (χ1) is 4.35. The molecule has 53 valence electrons. The summed E-state index contributed by atoms with van der Waals surface area (Å²) < 4.78 is 0. The molecule has 1 unspecified atom stereocenters. The quantitative estimate of drug-likeness (QED) is 0.595. The number of nitrogens with one attached hydrogen (secondary N) is 1. The summed E-state index contributed by atoms with van der Waals surface area (Å²) >= 11 is 0. The molecule has 2 nitrogen and oxygen atoms in total. The molecule has 1 N–H and O–H groups in total. The molecule has 0 saturated heterocycles. The molecule has 0 rings (SSSR count). The van der Waals surface area contributed by atoms with E-state index >= 15 is 0 Å². The predicted octanol–water partition coefficient (Wildman–Crippen LogP) is 0.874. The highest BCUT2D eigenvalue weighted by molar-refractivity contribution is 5.58. The number of hydrogen-bond acceptors (Lipinski definition) is 2. The number of carbonyl (C=O) groups excluding carboxylic acids is 1. The van der Waals surface area contributed by atoms with Crippen molar-refractivity contribution in [3.05, 3.63) is 0 Å². The van der Waals surface area contributed by atoms with Crippen molar-refractivity contribution in [3.8, 4) is 0 Å². The van der Waals surface area contributed by atoms with Crippen LogP contribution in [-0.4, -0.2) is 19.4 Å². The summed E-state index contributed by atoms with van der Waals surface area (Å²) in [5.41, 5.74) is 0. The Balaban J connectivity index is 3.20. The van der Waals surface area contributed by atoms with Crippen molar-refractivity contribution in [1.29, 1.82) is 0 Å². The van der Waals surface area contributed by atoms with Gasteiger partial charge in [-0.1, -0.05) is 19.8 Å². The summed E-state index contributed by atoms with van der Waals surface area (Å²) in [5, 5.41) is 2.86. The van der Waals surface area contributed by atoms with Crippen molar-refractivity contribution in [2.75, 3.05) is 7.05 Å². The first-order valence-electron chi connectivity index (χ1n) is 3.40. The molecule has 0 aromatic rings. The number of hydrogen-bond donors (Lipinski definition) is 1. The van der Waals surface area contributed by atoms with Crippen LogP contribution < -0.4 is 5.32 Å². The molecule has 0 bridgehead atoms. The van der Waals surface area contributed by atoms with Crippen LogP contribution in [0.1, 0.15) is 26.2 Å². The van der Waals surface area contributed by atoms with Gasteiger partial charge >= 0.3 is 0 Å². The van der Waals surface area contributed by atoms with E-state index in [0.717, 1.165) is 19.3 Å². The molecule has 1 atom stereocenters. The molecule has 0 amide bonds. The van der Waals surface area contributed by atoms with Crippen LogP contribution in [0.3, 0.4) is 0 Å². The van der Waals surface area contributed by atoms with E-state index in [2.05, 4.69) is 12.2 Å². The van der Waals surface area contributed by atoms with Gasteiger partial charge in [0.25, 0.3) is 0 Å². The standard InChI is InChI=1S/C7H14NO/c1-3-4-5-7(6-9)8-2/h7-8H,3-5H2,1-2H3. The lowest BCUT2D eigenvalue weighted by molar-refractivity contribution is 0.509. The molecular weight excluding hydrogens is 114 g/mol. The van der Waals surface area contributed by atoms with Crippen molar-refractivity contribution < 1.29 is 4.79 Å². The second-order valence-corrected chi connectivity index (χ2v) is 2.10. The third kappa shape index (κ3) is 4.15. The molecule has 0 aliphatic heterocycles. The van der Waals surface area contributed by atoms with E-state index < -0.39 is 0 Å². The molecule has 0 saturated carbocycles. The Labute approximate surface area is 56.6 Å². The predicted molar refractivity (Wildman–Crippen MR) is 38.1 cm³/mol. The van der Waals surface area contributed by atoms with Crippen molar-refractivity contribution >= 4 is 6.29 Å². The van der Waals surface area contributed by atoms with Gasteiger partial charge in [0.05, 0.1) is 6.04 Å². The highest BCUT2D eigenvalue weighted by Gasteiger charge is 2.01. The lowest BCUT2D eigenvalue weighted by Gasteiger charge is -2.04. The highest BCUT2D eigenvalue weighted by atomic mass is 16.1. The van der Waals surface area contributed by atoms with Gasteiger partial charge in [0.1, 0.15) is 0 Å². The molecule has 0 heterocycles. The Kier molecular flexibility index (Phi) is 5.52. The zero-order chi connectivity index (χ0) is 7.11. The third-order valence-corrected chi connectivity index (χ3v) is 1.34. The van der Waals surface area contributed by atoms with Gasteiger partial charge in [0.2, 0.25) is 6.29 Å². The van der Waals surface area contributed by atoms with Crippen LogP contribution in [0.5, 0.6) is 0 Å². The maximum Gasteiger partial charge on any atom is 0.216 e. The molecule has 0 aromatic carbocycles. The average Bonchev–Trinajstić information content (AvgIpc) is 1.91. The molecule has 0 aromatic heterocycles. The van der Waals surface area contributed by atoms with Crippen LogP contribution in [0.2, 0.25) is 0 Å². The van der Waals surface area contributed by atoms with Crippen LogP contribution in [-0.2, 0) is 4.79 Å². The zero-order valence-corrected chi connectivity index (χ0v) is 6.11. The lowest BCUT2D eigenvalue weighted by Crippen LogP contribution is -2.26. The van der Waals surface area contributed by atoms with E-state index in [-0.39, 0.29) is 6.04 Å². The monoisotopic (exact) mass is 128 g/mol. The SMILES string of the molecule is CCCCC([C]=O)NC. The Morgan fingerprint density at radius 1 is 1.67 bits per heavy atom. The minimum atomic E-state index is -0.0510. The third-order valence-electron chi connectivity index (χ3n) is 1.34. The number of likely N-dealkylation sites (N-methyl/N-ethyl adjacent to an activating group) is 1. The minimum Gasteiger partial charge on any atom is -0.310 e. The van der Waals surface area contributed by atoms with Crippen LogP contribution >= 0.6 is 0 Å². The van der Waals surface area contributed by atoms with Crippen molar-refractivity contribution in [1.82, 2.24) is 5.32 Å². The second kappa shape index (κ2) is 5.76. The number of unbranched alkanes of at least 4 members (excludes halogenated alkanes) is 1. The van der Waals surface area contributed by atoms with Gasteiger partial charge in [-0.3, -0.25) is 4.79 Å². The maximum atomic E-state index is 10.1. The maximum absolute atomic E-state index is 10.1. The van der Waals surface area contributed by atoms with Crippen LogP contribution in [0.25, 0.3) is 0 Å². The fourth-order valence-electron chi connectivity index (χ4n) is 0.670. The van der Waals surface area contributed by atoms with E-state index in [1.807, 2.05) is 6.29 Å². The molecule has 1 radical (unpaired) electrons. The molecule has 0 aliphatic carbocycles. The second-order valence-electron chi connectivity index (χ2n) is 2.10. The summed E-state index contributed by atoms with van der Waals surface area (Å²) in [7, 11) is 1.78. The summed E-state index contributed by atoms with van der Waals surface area (Å²) in [4.78, 5) is 10.1. The Morgan fingerprint density at radius 2 is 2.33 bits per heavy atom. The molecule has 0 aliphatic rings. The van der Waals surface area contributed by atoms with Crippen molar-refractivity contribution in [3.63, 3.8) is 0 Å². The van der Waals surface area contributed by atoms with E-state index in [1.54, 1.807) is 7.05 Å². The highest BCUT2D eigenvalue weighted by Crippen LogP contribution is 1.96. The average molecular weight is 128 g/mol. The zero-order valence-electron chi connectivity index (χ0n) is 6.11. The Morgan fingerprint density at radius 3 is 2.67 bits per heavy atom. The Bertz CT molecular complexity index is 73.3. The largest absolute Gasteiger partial charge is 0.310 e. The van der Waals surface area contributed by atoms with E-state index in [0.29, 0.717) is 0 Å². The van der Waals surface area contributed by atoms with Gasteiger partial charge in [0, 0.05) is 0 Å². The smallest absolute Gasteiger partial charge is 0.216 e. The molecule has 2 heteroatoms. The molecule has 0 fully saturated rings. The summed E-state index contributed by atoms with van der Waals surface area (Å²) in [6, 6.07) is -0.0510. The summed E-state index contributed by atoms with van der Waals surface area (Å²) in [6.07, 6.45) is 5.08. The van der Waals surface area contributed by atoms with E-state index in [4.69, 9.17) is 0 Å². The summed E-state index contributed by atoms with van der Waals surface area (Å²) in [5.74, 6) is 0. The van der Waals surface area contributed by atoms with E-state index in [1.165, 1.54) is 0 Å². The lowest BCUT2D eigenvalue weighted by atomic mass is 10.1. The van der Waals surface area contributed by atoms with Gasteiger partial charge in [-0.2, -0.15) is 0 Å². The van der Waals surface area contributed by atoms with Crippen LogP contribution in [0, 0.1) is 0 Å². The molecule has 0 spiro atoms. The van der Waals surface area contributed by atoms with Crippen LogP contribution in [0.4, 0.5) is 0 Å². The fraction of sp³-hybridized carbons (Fsp3) is 0.857. The molecular formula is C7H14NO. The van der Waals surface area contributed by atoms with Gasteiger partial charge in [-0.25, -0.2) is 0 Å². The van der Waals surface area contributed by atoms with Gasteiger partial charge in [0.15, 0.2) is 0 Å². The summed E-state index contributed by atoms with van der Waals surface area (Å²) in [6.45, 7) is 2.11. The van der Waals surface area contributed by atoms with Gasteiger partial charge in [-0.15, -0.1) is 0 Å². The molecule has 9 heavy (non-hydrogen) atoms. The van der Waals surface area contributed by atoms with Gasteiger partial charge in [-0.05, 0) is 13.5 Å². The minimum absolute atomic E-state index is 0.0510. The topological polar surface area (TPSA) is 29.1 Å². The Hall–Kier alpha value is -0.370. The van der Waals surface area contributed by atoms with Crippen molar-refractivity contribution in [2.24, 2.45) is 0 Å².